The molecule has 3 aromatic carbocycles. The number of nitrogens with one attached hydrogen (secondary N) is 2. The Morgan fingerprint density at radius 2 is 1.64 bits per heavy atom. The maximum atomic E-state index is 13.0. The Bertz CT molecular complexity index is 1250. The van der Waals surface area contributed by atoms with Crippen LogP contribution < -0.4 is 15.5 Å². The number of carbonyl (C=O) groups excluding carboxylic acids is 4. The highest BCUT2D eigenvalue weighted by atomic mass is 19.1. The van der Waals surface area contributed by atoms with E-state index in [0.29, 0.717) is 22.5 Å². The van der Waals surface area contributed by atoms with Crippen molar-refractivity contribution in [2.75, 3.05) is 16.8 Å². The third-order valence-electron chi connectivity index (χ3n) is 5.25. The van der Waals surface area contributed by atoms with Gasteiger partial charge in [-0.2, -0.15) is 0 Å². The first kappa shape index (κ1) is 21.9. The quantitative estimate of drug-likeness (QED) is 0.570. The number of hydrogen-bond acceptors (Lipinski definition) is 4. The summed E-state index contributed by atoms with van der Waals surface area (Å²) < 4.78 is 13.0. The van der Waals surface area contributed by atoms with Gasteiger partial charge < -0.3 is 10.6 Å². The van der Waals surface area contributed by atoms with Gasteiger partial charge in [-0.15, -0.1) is 0 Å². The van der Waals surface area contributed by atoms with Gasteiger partial charge >= 0.3 is 0 Å². The van der Waals surface area contributed by atoms with Crippen LogP contribution in [0.4, 0.5) is 15.8 Å². The summed E-state index contributed by atoms with van der Waals surface area (Å²) in [7, 11) is 0. The number of fused-ring (bicyclic) bond motifs is 1. The van der Waals surface area contributed by atoms with Crippen LogP contribution in [0.5, 0.6) is 0 Å². The van der Waals surface area contributed by atoms with Crippen molar-refractivity contribution in [3.63, 3.8) is 0 Å². The van der Waals surface area contributed by atoms with Crippen molar-refractivity contribution in [2.45, 2.75) is 13.5 Å². The Hall–Kier alpha value is -4.33. The zero-order chi connectivity index (χ0) is 23.5. The molecule has 0 atom stereocenters. The van der Waals surface area contributed by atoms with Crippen molar-refractivity contribution in [3.05, 3.63) is 94.8 Å². The second kappa shape index (κ2) is 9.04. The van der Waals surface area contributed by atoms with Crippen molar-refractivity contribution in [1.29, 1.82) is 0 Å². The molecule has 1 heterocycles. The van der Waals surface area contributed by atoms with Crippen LogP contribution in [0, 0.1) is 12.7 Å². The van der Waals surface area contributed by atoms with Gasteiger partial charge in [0.2, 0.25) is 5.91 Å². The third-order valence-corrected chi connectivity index (χ3v) is 5.25. The Labute approximate surface area is 189 Å². The van der Waals surface area contributed by atoms with Gasteiger partial charge in [-0.3, -0.25) is 24.1 Å². The van der Waals surface area contributed by atoms with E-state index in [1.165, 1.54) is 24.3 Å². The molecule has 7 nitrogen and oxygen atoms in total. The van der Waals surface area contributed by atoms with E-state index < -0.39 is 17.6 Å². The number of aryl methyl sites for hydroxylation is 1. The van der Waals surface area contributed by atoms with Gasteiger partial charge in [0.25, 0.3) is 17.6 Å². The largest absolute Gasteiger partial charge is 0.350 e. The minimum atomic E-state index is -0.816. The van der Waals surface area contributed by atoms with E-state index >= 15 is 0 Å². The minimum Gasteiger partial charge on any atom is -0.350 e. The van der Waals surface area contributed by atoms with E-state index in [2.05, 4.69) is 10.6 Å². The summed E-state index contributed by atoms with van der Waals surface area (Å²) in [5.41, 5.74) is 2.97. The summed E-state index contributed by atoms with van der Waals surface area (Å²) in [6.07, 6.45) is 0. The minimum absolute atomic E-state index is 0.119. The van der Waals surface area contributed by atoms with Crippen LogP contribution in [0.1, 0.15) is 31.8 Å². The summed E-state index contributed by atoms with van der Waals surface area (Å²) in [6.45, 7) is 1.74. The third kappa shape index (κ3) is 4.79. The van der Waals surface area contributed by atoms with E-state index in [-0.39, 0.29) is 30.4 Å². The first-order valence-electron chi connectivity index (χ1n) is 10.2. The van der Waals surface area contributed by atoms with Gasteiger partial charge in [0.15, 0.2) is 0 Å². The molecule has 3 amide bonds. The number of Topliss-reactive ketones (excluding diaryl/α,β-unsaturated/α-hetero) is 1. The average molecular weight is 445 g/mol. The number of carbonyl (C=O) groups is 4. The van der Waals surface area contributed by atoms with E-state index in [1.807, 2.05) is 19.1 Å². The fourth-order valence-corrected chi connectivity index (χ4v) is 3.45. The lowest BCUT2D eigenvalue weighted by Crippen LogP contribution is -2.39. The summed E-state index contributed by atoms with van der Waals surface area (Å²) in [5, 5.41) is 5.36. The lowest BCUT2D eigenvalue weighted by atomic mass is 10.1. The van der Waals surface area contributed by atoms with Crippen LogP contribution in [-0.2, 0) is 16.1 Å². The standard InChI is InChI=1S/C25H20FN3O4/c1-15-2-6-17(7-3-15)24(32)28-19-10-11-21-20(12-19)23(31)25(33)29(21)14-22(30)27-13-16-4-8-18(26)9-5-16/h2-12H,13-14H2,1H3,(H,27,30)(H,28,32). The fourth-order valence-electron chi connectivity index (χ4n) is 3.45. The molecular weight excluding hydrogens is 425 g/mol. The van der Waals surface area contributed by atoms with Crippen LogP contribution in [0.15, 0.2) is 66.7 Å². The van der Waals surface area contributed by atoms with Gasteiger partial charge in [0.1, 0.15) is 12.4 Å². The number of benzene rings is 3. The van der Waals surface area contributed by atoms with Crippen LogP contribution >= 0.6 is 0 Å². The molecule has 4 rings (SSSR count). The first-order valence-corrected chi connectivity index (χ1v) is 10.2. The van der Waals surface area contributed by atoms with Gasteiger partial charge in [-0.25, -0.2) is 4.39 Å². The van der Waals surface area contributed by atoms with Crippen molar-refractivity contribution < 1.29 is 23.6 Å². The number of halogens is 1. The summed E-state index contributed by atoms with van der Waals surface area (Å²) >= 11 is 0. The maximum absolute atomic E-state index is 13.0. The topological polar surface area (TPSA) is 95.6 Å². The highest BCUT2D eigenvalue weighted by Gasteiger charge is 2.37. The Morgan fingerprint density at radius 3 is 2.33 bits per heavy atom. The monoisotopic (exact) mass is 445 g/mol. The number of amides is 3. The van der Waals surface area contributed by atoms with Gasteiger partial charge in [-0.05, 0) is 55.0 Å². The molecule has 33 heavy (non-hydrogen) atoms. The molecule has 0 spiro atoms. The molecular formula is C25H20FN3O4. The van der Waals surface area contributed by atoms with Crippen molar-refractivity contribution in [1.82, 2.24) is 5.32 Å². The molecule has 0 aliphatic carbocycles. The summed E-state index contributed by atoms with van der Waals surface area (Å²) in [6, 6.07) is 17.2. The zero-order valence-corrected chi connectivity index (χ0v) is 17.7. The summed E-state index contributed by atoms with van der Waals surface area (Å²) in [4.78, 5) is 50.8. The highest BCUT2D eigenvalue weighted by molar-refractivity contribution is 6.52. The normalized spacial score (nSPS) is 12.5. The van der Waals surface area contributed by atoms with Gasteiger partial charge in [-0.1, -0.05) is 29.8 Å². The molecule has 8 heteroatoms. The van der Waals surface area contributed by atoms with E-state index in [4.69, 9.17) is 0 Å². The smallest absolute Gasteiger partial charge is 0.299 e. The molecule has 0 aromatic heterocycles. The van der Waals surface area contributed by atoms with E-state index in [0.717, 1.165) is 10.5 Å². The van der Waals surface area contributed by atoms with Crippen LogP contribution in [0.25, 0.3) is 0 Å². The van der Waals surface area contributed by atoms with Crippen LogP contribution in [-0.4, -0.2) is 30.0 Å². The Morgan fingerprint density at radius 1 is 0.939 bits per heavy atom. The molecule has 1 aliphatic rings. The van der Waals surface area contributed by atoms with Crippen molar-refractivity contribution in [3.8, 4) is 0 Å². The molecule has 1 aliphatic heterocycles. The highest BCUT2D eigenvalue weighted by Crippen LogP contribution is 2.31. The second-order valence-corrected chi connectivity index (χ2v) is 7.68. The van der Waals surface area contributed by atoms with Crippen LogP contribution in [0.3, 0.4) is 0 Å². The summed E-state index contributed by atoms with van der Waals surface area (Å²) in [5.74, 6) is -2.75. The zero-order valence-electron chi connectivity index (χ0n) is 17.7. The molecule has 0 radical (unpaired) electrons. The predicted octanol–water partition coefficient (Wildman–Crippen LogP) is 3.23. The molecule has 0 unspecified atom stereocenters. The lowest BCUT2D eigenvalue weighted by Gasteiger charge is -2.16. The maximum Gasteiger partial charge on any atom is 0.299 e. The molecule has 0 bridgehead atoms. The lowest BCUT2D eigenvalue weighted by molar-refractivity contribution is -0.122. The number of rotatable bonds is 6. The Balaban J connectivity index is 1.44. The Kier molecular flexibility index (Phi) is 5.99. The first-order chi connectivity index (χ1) is 15.8. The van der Waals surface area contributed by atoms with E-state index in [1.54, 1.807) is 30.3 Å². The fraction of sp³-hybridized carbons (Fsp3) is 0.120. The van der Waals surface area contributed by atoms with Gasteiger partial charge in [0.05, 0.1) is 11.3 Å². The predicted molar refractivity (Wildman–Crippen MR) is 121 cm³/mol. The number of hydrogen-bond donors (Lipinski definition) is 2. The van der Waals surface area contributed by atoms with Gasteiger partial charge in [0, 0.05) is 17.8 Å². The van der Waals surface area contributed by atoms with Crippen LogP contribution in [0.2, 0.25) is 0 Å². The average Bonchev–Trinajstić information content (AvgIpc) is 3.03. The molecule has 0 saturated heterocycles. The van der Waals surface area contributed by atoms with Crippen molar-refractivity contribution >= 4 is 34.9 Å². The van der Waals surface area contributed by atoms with Crippen molar-refractivity contribution in [2.24, 2.45) is 0 Å². The number of anilines is 2. The second-order valence-electron chi connectivity index (χ2n) is 7.68. The molecule has 0 saturated carbocycles. The molecule has 2 N–H and O–H groups in total. The van der Waals surface area contributed by atoms with E-state index in [9.17, 15) is 23.6 Å². The number of nitrogens with zero attached hydrogens (tertiary/aromatic N) is 1. The molecule has 3 aromatic rings. The molecule has 0 fully saturated rings. The molecule has 166 valence electrons. The SMILES string of the molecule is Cc1ccc(C(=O)Nc2ccc3c(c2)C(=O)C(=O)N3CC(=O)NCc2ccc(F)cc2)cc1. The number of ketones is 1.